The predicted molar refractivity (Wildman–Crippen MR) is 52.5 cm³/mol. The average molecular weight is 174 g/mol. The van der Waals surface area contributed by atoms with E-state index in [1.807, 2.05) is 29.2 Å². The van der Waals surface area contributed by atoms with Crippen LogP contribution in [0.1, 0.15) is 18.4 Å². The molecule has 0 atom stereocenters. The lowest BCUT2D eigenvalue weighted by atomic mass is 10.2. The van der Waals surface area contributed by atoms with E-state index in [2.05, 4.69) is 6.92 Å². The van der Waals surface area contributed by atoms with Crippen molar-refractivity contribution in [2.45, 2.75) is 12.8 Å². The molecule has 0 saturated carbocycles. The van der Waals surface area contributed by atoms with Crippen LogP contribution in [0.3, 0.4) is 0 Å². The summed E-state index contributed by atoms with van der Waals surface area (Å²) in [6.07, 6.45) is 1.65. The number of hydrogen-bond acceptors (Lipinski definition) is 1. The number of anilines is 1. The van der Waals surface area contributed by atoms with Gasteiger partial charge in [-0.05, 0) is 31.0 Å². The highest BCUT2D eigenvalue weighted by molar-refractivity contribution is 5.95. The van der Waals surface area contributed by atoms with Crippen LogP contribution in [0.2, 0.25) is 0 Å². The maximum atomic E-state index is 11.4. The van der Waals surface area contributed by atoms with Crippen LogP contribution in [0.15, 0.2) is 24.3 Å². The van der Waals surface area contributed by atoms with Crippen molar-refractivity contribution in [3.05, 3.63) is 36.8 Å². The summed E-state index contributed by atoms with van der Waals surface area (Å²) in [5.74, 6) is 0.227. The molecule has 1 heterocycles. The number of hydrogen-bond donors (Lipinski definition) is 0. The van der Waals surface area contributed by atoms with E-state index >= 15 is 0 Å². The SMILES string of the molecule is [CH2]c1cccc(N2CCCC2=O)c1. The van der Waals surface area contributed by atoms with Gasteiger partial charge in [0.25, 0.3) is 0 Å². The Morgan fingerprint density at radius 1 is 1.38 bits per heavy atom. The highest BCUT2D eigenvalue weighted by Crippen LogP contribution is 2.21. The van der Waals surface area contributed by atoms with Crippen LogP contribution in [-0.2, 0) is 4.79 Å². The van der Waals surface area contributed by atoms with E-state index in [4.69, 9.17) is 0 Å². The van der Waals surface area contributed by atoms with Crippen molar-refractivity contribution in [3.63, 3.8) is 0 Å². The lowest BCUT2D eigenvalue weighted by molar-refractivity contribution is -0.117. The van der Waals surface area contributed by atoms with E-state index in [1.54, 1.807) is 0 Å². The lowest BCUT2D eigenvalue weighted by Crippen LogP contribution is -2.23. The predicted octanol–water partition coefficient (Wildman–Crippen LogP) is 2.00. The van der Waals surface area contributed by atoms with Gasteiger partial charge in [-0.25, -0.2) is 0 Å². The van der Waals surface area contributed by atoms with Gasteiger partial charge >= 0.3 is 0 Å². The summed E-state index contributed by atoms with van der Waals surface area (Å²) in [7, 11) is 0. The lowest BCUT2D eigenvalue weighted by Gasteiger charge is -2.15. The van der Waals surface area contributed by atoms with E-state index < -0.39 is 0 Å². The van der Waals surface area contributed by atoms with E-state index in [-0.39, 0.29) is 5.91 Å². The molecule has 1 aliphatic rings. The molecule has 2 heteroatoms. The van der Waals surface area contributed by atoms with Crippen LogP contribution in [0.5, 0.6) is 0 Å². The Morgan fingerprint density at radius 3 is 2.85 bits per heavy atom. The molecular weight excluding hydrogens is 162 g/mol. The molecule has 1 saturated heterocycles. The Labute approximate surface area is 78.2 Å². The second kappa shape index (κ2) is 3.21. The Balaban J connectivity index is 2.29. The van der Waals surface area contributed by atoms with Gasteiger partial charge in [0, 0.05) is 18.7 Å². The Kier molecular flexibility index (Phi) is 2.05. The molecule has 1 aromatic carbocycles. The first kappa shape index (κ1) is 8.30. The fraction of sp³-hybridized carbons (Fsp3) is 0.273. The molecule has 0 unspecified atom stereocenters. The van der Waals surface area contributed by atoms with Gasteiger partial charge in [-0.15, -0.1) is 0 Å². The third kappa shape index (κ3) is 1.57. The summed E-state index contributed by atoms with van der Waals surface area (Å²) >= 11 is 0. The molecule has 0 aromatic heterocycles. The number of nitrogens with zero attached hydrogens (tertiary/aromatic N) is 1. The number of amides is 1. The molecule has 13 heavy (non-hydrogen) atoms. The zero-order chi connectivity index (χ0) is 9.26. The normalized spacial score (nSPS) is 16.7. The average Bonchev–Trinajstić information content (AvgIpc) is 2.51. The second-order valence-electron chi connectivity index (χ2n) is 3.32. The van der Waals surface area contributed by atoms with Crippen molar-refractivity contribution < 1.29 is 4.79 Å². The number of carbonyl (C=O) groups excluding carboxylic acids is 1. The molecule has 1 aliphatic heterocycles. The summed E-state index contributed by atoms with van der Waals surface area (Å²) in [5, 5.41) is 0. The molecule has 1 amide bonds. The fourth-order valence-electron chi connectivity index (χ4n) is 1.65. The minimum Gasteiger partial charge on any atom is -0.312 e. The minimum absolute atomic E-state index is 0.227. The van der Waals surface area contributed by atoms with E-state index in [0.29, 0.717) is 6.42 Å². The van der Waals surface area contributed by atoms with Gasteiger partial charge < -0.3 is 4.90 Å². The standard InChI is InChI=1S/C11H12NO/c1-9-4-2-5-10(8-9)12-7-3-6-11(12)13/h2,4-5,8H,1,3,6-7H2. The summed E-state index contributed by atoms with van der Waals surface area (Å²) in [4.78, 5) is 13.2. The molecule has 0 aliphatic carbocycles. The smallest absolute Gasteiger partial charge is 0.227 e. The number of rotatable bonds is 1. The summed E-state index contributed by atoms with van der Waals surface area (Å²) in [5.41, 5.74) is 1.94. The molecule has 0 N–H and O–H groups in total. The second-order valence-corrected chi connectivity index (χ2v) is 3.32. The van der Waals surface area contributed by atoms with E-state index in [0.717, 1.165) is 24.2 Å². The van der Waals surface area contributed by atoms with Crippen molar-refractivity contribution in [3.8, 4) is 0 Å². The molecule has 0 spiro atoms. The van der Waals surface area contributed by atoms with Gasteiger partial charge in [0.1, 0.15) is 0 Å². The molecular formula is C11H12NO. The molecule has 1 radical (unpaired) electrons. The van der Waals surface area contributed by atoms with Crippen LogP contribution in [0, 0.1) is 6.92 Å². The van der Waals surface area contributed by atoms with Crippen LogP contribution >= 0.6 is 0 Å². The third-order valence-electron chi connectivity index (χ3n) is 2.30. The maximum absolute atomic E-state index is 11.4. The van der Waals surface area contributed by atoms with Crippen molar-refractivity contribution in [2.75, 3.05) is 11.4 Å². The molecule has 2 nitrogen and oxygen atoms in total. The molecule has 0 bridgehead atoms. The minimum atomic E-state index is 0.227. The van der Waals surface area contributed by atoms with Crippen LogP contribution in [0.4, 0.5) is 5.69 Å². The van der Waals surface area contributed by atoms with Crippen LogP contribution in [-0.4, -0.2) is 12.5 Å². The van der Waals surface area contributed by atoms with Crippen LogP contribution < -0.4 is 4.90 Å². The summed E-state index contributed by atoms with van der Waals surface area (Å²) in [6, 6.07) is 7.77. The number of benzene rings is 1. The molecule has 1 aromatic rings. The van der Waals surface area contributed by atoms with Crippen molar-refractivity contribution in [1.29, 1.82) is 0 Å². The summed E-state index contributed by atoms with van der Waals surface area (Å²) < 4.78 is 0. The molecule has 1 fully saturated rings. The fourth-order valence-corrected chi connectivity index (χ4v) is 1.65. The van der Waals surface area contributed by atoms with Crippen molar-refractivity contribution in [2.24, 2.45) is 0 Å². The largest absolute Gasteiger partial charge is 0.312 e. The first-order chi connectivity index (χ1) is 6.27. The van der Waals surface area contributed by atoms with Gasteiger partial charge in [0.05, 0.1) is 0 Å². The van der Waals surface area contributed by atoms with Gasteiger partial charge in [-0.1, -0.05) is 12.1 Å². The summed E-state index contributed by atoms with van der Waals surface area (Å²) in [6.45, 7) is 4.69. The monoisotopic (exact) mass is 174 g/mol. The van der Waals surface area contributed by atoms with Gasteiger partial charge in [0.15, 0.2) is 0 Å². The zero-order valence-corrected chi connectivity index (χ0v) is 7.49. The van der Waals surface area contributed by atoms with Gasteiger partial charge in [-0.2, -0.15) is 0 Å². The topological polar surface area (TPSA) is 20.3 Å². The van der Waals surface area contributed by atoms with Crippen molar-refractivity contribution >= 4 is 11.6 Å². The maximum Gasteiger partial charge on any atom is 0.227 e. The van der Waals surface area contributed by atoms with Crippen molar-refractivity contribution in [1.82, 2.24) is 0 Å². The quantitative estimate of drug-likeness (QED) is 0.637. The van der Waals surface area contributed by atoms with Crippen LogP contribution in [0.25, 0.3) is 0 Å². The Morgan fingerprint density at radius 2 is 2.23 bits per heavy atom. The van der Waals surface area contributed by atoms with Gasteiger partial charge in [-0.3, -0.25) is 4.79 Å². The highest BCUT2D eigenvalue weighted by Gasteiger charge is 2.21. The molecule has 2 rings (SSSR count). The highest BCUT2D eigenvalue weighted by atomic mass is 16.2. The van der Waals surface area contributed by atoms with E-state index in [1.165, 1.54) is 0 Å². The zero-order valence-electron chi connectivity index (χ0n) is 7.49. The van der Waals surface area contributed by atoms with E-state index in [9.17, 15) is 4.79 Å². The Bertz CT molecular complexity index is 333. The Hall–Kier alpha value is -1.31. The first-order valence-electron chi connectivity index (χ1n) is 4.50. The van der Waals surface area contributed by atoms with Gasteiger partial charge in [0.2, 0.25) is 5.91 Å². The third-order valence-corrected chi connectivity index (χ3v) is 2.30. The first-order valence-corrected chi connectivity index (χ1v) is 4.50. The molecule has 67 valence electrons. The number of carbonyl (C=O) groups is 1.